The molecule has 0 bridgehead atoms. The smallest absolute Gasteiger partial charge is 0.244 e. The minimum Gasteiger partial charge on any atom is -0.468 e. The summed E-state index contributed by atoms with van der Waals surface area (Å²) in [7, 11) is 0. The predicted molar refractivity (Wildman–Crippen MR) is 100 cm³/mol. The first-order valence-corrected chi connectivity index (χ1v) is 9.09. The molecular formula is C20H23ClN2O2. The minimum absolute atomic E-state index is 0.0822. The van der Waals surface area contributed by atoms with Gasteiger partial charge in [-0.25, -0.2) is 0 Å². The molecule has 1 amide bonds. The molecule has 0 aliphatic carbocycles. The highest BCUT2D eigenvalue weighted by Gasteiger charge is 2.24. The van der Waals surface area contributed by atoms with Gasteiger partial charge in [0.25, 0.3) is 0 Å². The quantitative estimate of drug-likeness (QED) is 0.783. The predicted octanol–water partition coefficient (Wildman–Crippen LogP) is 4.29. The first-order chi connectivity index (χ1) is 12.2. The van der Waals surface area contributed by atoms with Gasteiger partial charge in [-0.2, -0.15) is 0 Å². The van der Waals surface area contributed by atoms with Crippen LogP contribution in [0.4, 0.5) is 0 Å². The fourth-order valence-corrected chi connectivity index (χ4v) is 3.36. The second-order valence-electron chi connectivity index (χ2n) is 6.26. The SMILES string of the molecule is O=C(/C=C/c1cccc(Cl)c1)NCC(c1ccco1)N1CCCCC1. The number of likely N-dealkylation sites (tertiary alicyclic amines) is 1. The Morgan fingerprint density at radius 2 is 2.08 bits per heavy atom. The summed E-state index contributed by atoms with van der Waals surface area (Å²) in [6, 6.07) is 11.4. The zero-order valence-electron chi connectivity index (χ0n) is 14.2. The van der Waals surface area contributed by atoms with E-state index >= 15 is 0 Å². The Bertz CT molecular complexity index is 706. The summed E-state index contributed by atoms with van der Waals surface area (Å²) >= 11 is 5.96. The number of halogens is 1. The van der Waals surface area contributed by atoms with Crippen LogP contribution < -0.4 is 5.32 Å². The number of rotatable bonds is 6. The van der Waals surface area contributed by atoms with Crippen molar-refractivity contribution in [1.82, 2.24) is 10.2 Å². The third-order valence-corrected chi connectivity index (χ3v) is 4.68. The summed E-state index contributed by atoms with van der Waals surface area (Å²) in [5.41, 5.74) is 0.904. The van der Waals surface area contributed by atoms with Gasteiger partial charge in [0.2, 0.25) is 5.91 Å². The van der Waals surface area contributed by atoms with E-state index in [1.165, 1.54) is 19.3 Å². The number of piperidine rings is 1. The van der Waals surface area contributed by atoms with Crippen LogP contribution in [0.5, 0.6) is 0 Å². The number of hydrogen-bond acceptors (Lipinski definition) is 3. The van der Waals surface area contributed by atoms with Crippen LogP contribution in [0, 0.1) is 0 Å². The number of nitrogens with zero attached hydrogens (tertiary/aromatic N) is 1. The van der Waals surface area contributed by atoms with E-state index in [-0.39, 0.29) is 11.9 Å². The van der Waals surface area contributed by atoms with E-state index in [0.29, 0.717) is 11.6 Å². The monoisotopic (exact) mass is 358 g/mol. The minimum atomic E-state index is -0.117. The maximum Gasteiger partial charge on any atom is 0.244 e. The van der Waals surface area contributed by atoms with Gasteiger partial charge in [0, 0.05) is 17.6 Å². The molecule has 2 aromatic rings. The van der Waals surface area contributed by atoms with Crippen molar-refractivity contribution >= 4 is 23.6 Å². The zero-order valence-corrected chi connectivity index (χ0v) is 14.9. The fraction of sp³-hybridized carbons (Fsp3) is 0.350. The Morgan fingerprint density at radius 1 is 1.24 bits per heavy atom. The molecule has 4 nitrogen and oxygen atoms in total. The molecule has 0 spiro atoms. The molecule has 25 heavy (non-hydrogen) atoms. The van der Waals surface area contributed by atoms with Gasteiger partial charge in [-0.1, -0.05) is 30.2 Å². The van der Waals surface area contributed by atoms with E-state index in [2.05, 4.69) is 10.2 Å². The number of hydrogen-bond donors (Lipinski definition) is 1. The molecule has 1 aliphatic rings. The molecule has 1 saturated heterocycles. The molecule has 1 fully saturated rings. The standard InChI is InChI=1S/C20H23ClN2O2/c21-17-7-4-6-16(14-17)9-10-20(24)22-15-18(19-8-5-13-25-19)23-11-2-1-3-12-23/h4-10,13-14,18H,1-3,11-12,15H2,(H,22,24)/b10-9+. The topological polar surface area (TPSA) is 45.5 Å². The highest BCUT2D eigenvalue weighted by molar-refractivity contribution is 6.30. The van der Waals surface area contributed by atoms with Crippen LogP contribution in [0.3, 0.4) is 0 Å². The van der Waals surface area contributed by atoms with Crippen molar-refractivity contribution in [1.29, 1.82) is 0 Å². The number of carbonyl (C=O) groups excluding carboxylic acids is 1. The molecular weight excluding hydrogens is 336 g/mol. The second-order valence-corrected chi connectivity index (χ2v) is 6.70. The lowest BCUT2D eigenvalue weighted by molar-refractivity contribution is -0.116. The largest absolute Gasteiger partial charge is 0.468 e. The Labute approximate surface area is 153 Å². The summed E-state index contributed by atoms with van der Waals surface area (Å²) in [5, 5.41) is 3.65. The number of amides is 1. The molecule has 5 heteroatoms. The number of carbonyl (C=O) groups is 1. The fourth-order valence-electron chi connectivity index (χ4n) is 3.16. The number of furan rings is 1. The van der Waals surface area contributed by atoms with Gasteiger partial charge < -0.3 is 9.73 Å². The summed E-state index contributed by atoms with van der Waals surface area (Å²) in [5.74, 6) is 0.787. The van der Waals surface area contributed by atoms with Crippen LogP contribution in [0.1, 0.15) is 36.6 Å². The third-order valence-electron chi connectivity index (χ3n) is 4.45. The lowest BCUT2D eigenvalue weighted by Crippen LogP contribution is -2.40. The van der Waals surface area contributed by atoms with E-state index in [0.717, 1.165) is 24.4 Å². The first-order valence-electron chi connectivity index (χ1n) is 8.71. The van der Waals surface area contributed by atoms with E-state index < -0.39 is 0 Å². The molecule has 1 N–H and O–H groups in total. The zero-order chi connectivity index (χ0) is 17.5. The Morgan fingerprint density at radius 3 is 2.80 bits per heavy atom. The summed E-state index contributed by atoms with van der Waals surface area (Å²) in [4.78, 5) is 14.6. The Balaban J connectivity index is 1.59. The second kappa shape index (κ2) is 8.88. The van der Waals surface area contributed by atoms with Crippen LogP contribution in [0.15, 0.2) is 53.2 Å². The maximum absolute atomic E-state index is 12.2. The molecule has 1 aromatic heterocycles. The molecule has 1 aromatic carbocycles. The van der Waals surface area contributed by atoms with Gasteiger partial charge in [-0.05, 0) is 61.8 Å². The van der Waals surface area contributed by atoms with Gasteiger partial charge >= 0.3 is 0 Å². The Kier molecular flexibility index (Phi) is 6.31. The number of benzene rings is 1. The van der Waals surface area contributed by atoms with E-state index in [4.69, 9.17) is 16.0 Å². The molecule has 0 saturated carbocycles. The molecule has 3 rings (SSSR count). The highest BCUT2D eigenvalue weighted by Crippen LogP contribution is 2.24. The molecule has 0 radical (unpaired) electrons. The van der Waals surface area contributed by atoms with Crippen molar-refractivity contribution in [2.45, 2.75) is 25.3 Å². The van der Waals surface area contributed by atoms with Crippen molar-refractivity contribution in [2.24, 2.45) is 0 Å². The van der Waals surface area contributed by atoms with E-state index in [1.807, 2.05) is 36.4 Å². The Hall–Kier alpha value is -2.04. The van der Waals surface area contributed by atoms with Gasteiger partial charge in [0.15, 0.2) is 0 Å². The van der Waals surface area contributed by atoms with Gasteiger partial charge in [-0.3, -0.25) is 9.69 Å². The van der Waals surface area contributed by atoms with Crippen molar-refractivity contribution in [3.8, 4) is 0 Å². The van der Waals surface area contributed by atoms with Crippen LogP contribution >= 0.6 is 11.6 Å². The summed E-state index contributed by atoms with van der Waals surface area (Å²) in [6.07, 6.45) is 8.66. The molecule has 132 valence electrons. The molecule has 2 heterocycles. The molecule has 1 unspecified atom stereocenters. The van der Waals surface area contributed by atoms with Gasteiger partial charge in [0.05, 0.1) is 12.3 Å². The summed E-state index contributed by atoms with van der Waals surface area (Å²) < 4.78 is 5.60. The van der Waals surface area contributed by atoms with Crippen LogP contribution in [-0.2, 0) is 4.79 Å². The maximum atomic E-state index is 12.2. The van der Waals surface area contributed by atoms with Gasteiger partial charge in [-0.15, -0.1) is 0 Å². The van der Waals surface area contributed by atoms with Crippen molar-refractivity contribution in [3.05, 3.63) is 65.1 Å². The van der Waals surface area contributed by atoms with Crippen molar-refractivity contribution in [3.63, 3.8) is 0 Å². The normalized spacial score (nSPS) is 16.8. The average molecular weight is 359 g/mol. The van der Waals surface area contributed by atoms with Crippen LogP contribution in [-0.4, -0.2) is 30.4 Å². The summed E-state index contributed by atoms with van der Waals surface area (Å²) in [6.45, 7) is 2.62. The van der Waals surface area contributed by atoms with Crippen molar-refractivity contribution < 1.29 is 9.21 Å². The molecule has 1 atom stereocenters. The highest BCUT2D eigenvalue weighted by atomic mass is 35.5. The average Bonchev–Trinajstić information content (AvgIpc) is 3.15. The first kappa shape index (κ1) is 17.8. The van der Waals surface area contributed by atoms with Crippen molar-refractivity contribution in [2.75, 3.05) is 19.6 Å². The lowest BCUT2D eigenvalue weighted by atomic mass is 10.1. The van der Waals surface area contributed by atoms with E-state index in [9.17, 15) is 4.79 Å². The van der Waals surface area contributed by atoms with Crippen LogP contribution in [0.25, 0.3) is 6.08 Å². The lowest BCUT2D eigenvalue weighted by Gasteiger charge is -2.33. The third kappa shape index (κ3) is 5.21. The van der Waals surface area contributed by atoms with Crippen LogP contribution in [0.2, 0.25) is 5.02 Å². The molecule has 1 aliphatic heterocycles. The number of nitrogens with one attached hydrogen (secondary N) is 1. The van der Waals surface area contributed by atoms with E-state index in [1.54, 1.807) is 18.4 Å². The van der Waals surface area contributed by atoms with Gasteiger partial charge in [0.1, 0.15) is 5.76 Å².